The molecule has 0 fully saturated rings. The van der Waals surface area contributed by atoms with Gasteiger partial charge in [-0.05, 0) is 37.6 Å². The fourth-order valence-corrected chi connectivity index (χ4v) is 2.24. The number of guanidine groups is 1. The first-order valence-electron chi connectivity index (χ1n) is 8.23. The van der Waals surface area contributed by atoms with Gasteiger partial charge in [-0.2, -0.15) is 0 Å². The number of hydrogen-bond acceptors (Lipinski definition) is 3. The number of rotatable bonds is 7. The molecule has 0 radical (unpaired) electrons. The molecule has 2 rings (SSSR count). The number of phenolic OH excluding ortho intramolecular Hbond substituents is 1. The Morgan fingerprint density at radius 2 is 1.79 bits per heavy atom. The lowest BCUT2D eigenvalue weighted by Crippen LogP contribution is -2.36. The van der Waals surface area contributed by atoms with Crippen LogP contribution < -0.4 is 15.4 Å². The topological polar surface area (TPSA) is 65.9 Å². The Balaban J connectivity index is 2.00. The van der Waals surface area contributed by atoms with E-state index in [0.29, 0.717) is 19.7 Å². The van der Waals surface area contributed by atoms with Crippen molar-refractivity contribution in [1.82, 2.24) is 10.6 Å². The number of benzene rings is 2. The minimum absolute atomic E-state index is 0.264. The minimum Gasteiger partial charge on any atom is -0.508 e. The number of hydrogen-bond donors (Lipinski definition) is 3. The van der Waals surface area contributed by atoms with Gasteiger partial charge >= 0.3 is 0 Å². The zero-order chi connectivity index (χ0) is 17.2. The number of aromatic hydroxyl groups is 1. The van der Waals surface area contributed by atoms with E-state index >= 15 is 0 Å². The van der Waals surface area contributed by atoms with Gasteiger partial charge in [0.1, 0.15) is 11.5 Å². The minimum atomic E-state index is 0.264. The summed E-state index contributed by atoms with van der Waals surface area (Å²) in [5.41, 5.74) is 2.13. The van der Waals surface area contributed by atoms with E-state index < -0.39 is 0 Å². The average molecular weight is 327 g/mol. The molecule has 2 aromatic carbocycles. The van der Waals surface area contributed by atoms with Crippen LogP contribution in [0.3, 0.4) is 0 Å². The lowest BCUT2D eigenvalue weighted by molar-refractivity contribution is 0.336. The molecular weight excluding hydrogens is 302 g/mol. The Bertz CT molecular complexity index is 654. The summed E-state index contributed by atoms with van der Waals surface area (Å²) in [6.45, 7) is 6.63. The maximum absolute atomic E-state index is 9.33. The van der Waals surface area contributed by atoms with Crippen LogP contribution in [0.4, 0.5) is 0 Å². The second kappa shape index (κ2) is 9.45. The highest BCUT2D eigenvalue weighted by atomic mass is 16.5. The molecule has 0 saturated heterocycles. The molecule has 0 aliphatic carbocycles. The van der Waals surface area contributed by atoms with Crippen LogP contribution in [0.5, 0.6) is 11.5 Å². The zero-order valence-corrected chi connectivity index (χ0v) is 14.2. The van der Waals surface area contributed by atoms with E-state index in [2.05, 4.69) is 15.6 Å². The number of nitrogens with zero attached hydrogens (tertiary/aromatic N) is 1. The van der Waals surface area contributed by atoms with Crippen LogP contribution in [0.1, 0.15) is 25.0 Å². The lowest BCUT2D eigenvalue weighted by Gasteiger charge is -2.14. The first-order valence-corrected chi connectivity index (χ1v) is 8.23. The van der Waals surface area contributed by atoms with Crippen LogP contribution in [0, 0.1) is 0 Å². The molecule has 0 aliphatic rings. The van der Waals surface area contributed by atoms with Crippen LogP contribution in [-0.2, 0) is 13.1 Å². The van der Waals surface area contributed by atoms with E-state index in [4.69, 9.17) is 4.74 Å². The van der Waals surface area contributed by atoms with E-state index in [9.17, 15) is 5.11 Å². The Morgan fingerprint density at radius 1 is 1.04 bits per heavy atom. The molecular formula is C19H25N3O2. The fourth-order valence-electron chi connectivity index (χ4n) is 2.24. The molecule has 5 heteroatoms. The molecule has 24 heavy (non-hydrogen) atoms. The predicted octanol–water partition coefficient (Wildman–Crippen LogP) is 3.05. The van der Waals surface area contributed by atoms with Crippen LogP contribution in [0.25, 0.3) is 0 Å². The van der Waals surface area contributed by atoms with Crippen molar-refractivity contribution < 1.29 is 9.84 Å². The molecule has 128 valence electrons. The van der Waals surface area contributed by atoms with Crippen molar-refractivity contribution in [3.8, 4) is 11.5 Å². The van der Waals surface area contributed by atoms with Crippen molar-refractivity contribution in [1.29, 1.82) is 0 Å². The van der Waals surface area contributed by atoms with Crippen molar-refractivity contribution in [3.63, 3.8) is 0 Å². The van der Waals surface area contributed by atoms with E-state index in [1.54, 1.807) is 12.1 Å². The third-order valence-corrected chi connectivity index (χ3v) is 3.42. The van der Waals surface area contributed by atoms with Gasteiger partial charge in [0.25, 0.3) is 0 Å². The highest BCUT2D eigenvalue weighted by molar-refractivity contribution is 5.79. The predicted molar refractivity (Wildman–Crippen MR) is 97.4 cm³/mol. The summed E-state index contributed by atoms with van der Waals surface area (Å²) in [7, 11) is 0. The van der Waals surface area contributed by atoms with Gasteiger partial charge in [-0.1, -0.05) is 30.3 Å². The van der Waals surface area contributed by atoms with Crippen molar-refractivity contribution >= 4 is 5.96 Å². The van der Waals surface area contributed by atoms with E-state index in [1.165, 1.54) is 0 Å². The third-order valence-electron chi connectivity index (χ3n) is 3.42. The van der Waals surface area contributed by atoms with Gasteiger partial charge in [0.15, 0.2) is 5.96 Å². The highest BCUT2D eigenvalue weighted by Gasteiger charge is 2.04. The summed E-state index contributed by atoms with van der Waals surface area (Å²) in [6.07, 6.45) is 0. The number of phenols is 1. The van der Waals surface area contributed by atoms with E-state index in [-0.39, 0.29) is 5.75 Å². The first kappa shape index (κ1) is 17.7. The van der Waals surface area contributed by atoms with Crippen LogP contribution >= 0.6 is 0 Å². The molecule has 0 amide bonds. The molecule has 0 atom stereocenters. The first-order chi connectivity index (χ1) is 11.7. The largest absolute Gasteiger partial charge is 0.508 e. The monoisotopic (exact) mass is 327 g/mol. The van der Waals surface area contributed by atoms with Crippen molar-refractivity contribution in [2.24, 2.45) is 4.99 Å². The molecule has 0 unspecified atom stereocenters. The number of ether oxygens (including phenoxy) is 1. The maximum atomic E-state index is 9.33. The van der Waals surface area contributed by atoms with Crippen LogP contribution in [0.15, 0.2) is 53.5 Å². The van der Waals surface area contributed by atoms with Gasteiger partial charge in [0, 0.05) is 18.7 Å². The van der Waals surface area contributed by atoms with Gasteiger partial charge in [-0.3, -0.25) is 0 Å². The SMILES string of the molecule is CCNC(=NCc1ccc(O)cc1)NCc1ccccc1OCC. The number of aliphatic imine (C=N–C) groups is 1. The smallest absolute Gasteiger partial charge is 0.191 e. The Hall–Kier alpha value is -2.69. The second-order valence-electron chi connectivity index (χ2n) is 5.26. The lowest BCUT2D eigenvalue weighted by atomic mass is 10.2. The number of para-hydroxylation sites is 1. The van der Waals surface area contributed by atoms with Gasteiger partial charge in [-0.25, -0.2) is 4.99 Å². The van der Waals surface area contributed by atoms with Gasteiger partial charge in [0.2, 0.25) is 0 Å². The molecule has 0 aliphatic heterocycles. The standard InChI is InChI=1S/C19H25N3O2/c1-3-20-19(21-13-15-9-11-17(23)12-10-15)22-14-16-7-5-6-8-18(16)24-4-2/h5-12,23H,3-4,13-14H2,1-2H3,(H2,20,21,22). The molecule has 0 aromatic heterocycles. The molecule has 0 heterocycles. The van der Waals surface area contributed by atoms with E-state index in [0.717, 1.165) is 29.4 Å². The molecule has 0 spiro atoms. The summed E-state index contributed by atoms with van der Waals surface area (Å²) < 4.78 is 5.65. The quantitative estimate of drug-likeness (QED) is 0.540. The van der Waals surface area contributed by atoms with Gasteiger partial charge < -0.3 is 20.5 Å². The molecule has 2 aromatic rings. The fraction of sp³-hybridized carbons (Fsp3) is 0.316. The van der Waals surface area contributed by atoms with Crippen LogP contribution in [0.2, 0.25) is 0 Å². The Kier molecular flexibility index (Phi) is 6.95. The summed E-state index contributed by atoms with van der Waals surface area (Å²) in [4.78, 5) is 4.58. The summed E-state index contributed by atoms with van der Waals surface area (Å²) in [5.74, 6) is 1.90. The van der Waals surface area contributed by atoms with E-state index in [1.807, 2.05) is 50.2 Å². The summed E-state index contributed by atoms with van der Waals surface area (Å²) in [6, 6.07) is 15.1. The zero-order valence-electron chi connectivity index (χ0n) is 14.2. The Morgan fingerprint density at radius 3 is 2.50 bits per heavy atom. The van der Waals surface area contributed by atoms with Gasteiger partial charge in [0.05, 0.1) is 13.2 Å². The van der Waals surface area contributed by atoms with Crippen molar-refractivity contribution in [3.05, 3.63) is 59.7 Å². The second-order valence-corrected chi connectivity index (χ2v) is 5.26. The summed E-state index contributed by atoms with van der Waals surface area (Å²) in [5, 5.41) is 15.9. The summed E-state index contributed by atoms with van der Waals surface area (Å²) >= 11 is 0. The average Bonchev–Trinajstić information content (AvgIpc) is 2.60. The van der Waals surface area contributed by atoms with Crippen molar-refractivity contribution in [2.45, 2.75) is 26.9 Å². The third kappa shape index (κ3) is 5.50. The van der Waals surface area contributed by atoms with Gasteiger partial charge in [-0.15, -0.1) is 0 Å². The van der Waals surface area contributed by atoms with Crippen LogP contribution in [-0.4, -0.2) is 24.2 Å². The molecule has 0 bridgehead atoms. The highest BCUT2D eigenvalue weighted by Crippen LogP contribution is 2.17. The maximum Gasteiger partial charge on any atom is 0.191 e. The normalized spacial score (nSPS) is 11.2. The Labute approximate surface area is 143 Å². The molecule has 3 N–H and O–H groups in total. The molecule has 5 nitrogen and oxygen atoms in total. The van der Waals surface area contributed by atoms with Crippen molar-refractivity contribution in [2.75, 3.05) is 13.2 Å². The number of nitrogens with one attached hydrogen (secondary N) is 2. The molecule has 0 saturated carbocycles.